The Morgan fingerprint density at radius 3 is 2.72 bits per heavy atom. The van der Waals surface area contributed by atoms with Crippen molar-refractivity contribution in [2.24, 2.45) is 0 Å². The van der Waals surface area contributed by atoms with E-state index in [-0.39, 0.29) is 9.92 Å². The Hall–Kier alpha value is -1.53. The molecular weight excluding hydrogens is 274 g/mol. The number of hydrogen-bond acceptors (Lipinski definition) is 3. The monoisotopic (exact) mass is 285 g/mol. The van der Waals surface area contributed by atoms with Crippen LogP contribution in [0.1, 0.15) is 6.92 Å². The van der Waals surface area contributed by atoms with Crippen molar-refractivity contribution in [3.05, 3.63) is 41.6 Å². The van der Waals surface area contributed by atoms with E-state index < -0.39 is 10.0 Å². The summed E-state index contributed by atoms with van der Waals surface area (Å²) in [7, 11) is -3.69. The molecule has 1 aromatic heterocycles. The quantitative estimate of drug-likeness (QED) is 0.938. The second-order valence-electron chi connectivity index (χ2n) is 3.57. The van der Waals surface area contributed by atoms with E-state index in [0.29, 0.717) is 12.4 Å². The molecule has 0 saturated carbocycles. The number of nitrogens with zero attached hydrogens (tertiary/aromatic N) is 2. The lowest BCUT2D eigenvalue weighted by Gasteiger charge is -2.10. The molecular formula is C11H12ClN3O2S. The fourth-order valence-electron chi connectivity index (χ4n) is 1.53. The van der Waals surface area contributed by atoms with Gasteiger partial charge < -0.3 is 0 Å². The number of hydrogen-bond donors (Lipinski definition) is 1. The Kier molecular flexibility index (Phi) is 3.58. The molecule has 0 spiro atoms. The molecule has 1 heterocycles. The Morgan fingerprint density at radius 1 is 1.33 bits per heavy atom. The summed E-state index contributed by atoms with van der Waals surface area (Å²) in [5, 5.41) is 4.18. The molecule has 0 saturated heterocycles. The van der Waals surface area contributed by atoms with Gasteiger partial charge in [-0.05, 0) is 19.1 Å². The van der Waals surface area contributed by atoms with Gasteiger partial charge in [0.1, 0.15) is 10.7 Å². The average molecular weight is 286 g/mol. The highest BCUT2D eigenvalue weighted by molar-refractivity contribution is 7.92. The minimum atomic E-state index is -3.69. The van der Waals surface area contributed by atoms with Gasteiger partial charge in [-0.3, -0.25) is 4.72 Å². The van der Waals surface area contributed by atoms with Gasteiger partial charge in [0, 0.05) is 12.6 Å². The molecule has 18 heavy (non-hydrogen) atoms. The predicted octanol–water partition coefficient (Wildman–Crippen LogP) is 2.36. The van der Waals surface area contributed by atoms with E-state index in [1.807, 2.05) is 6.92 Å². The van der Waals surface area contributed by atoms with Gasteiger partial charge in [-0.1, -0.05) is 23.7 Å². The van der Waals surface area contributed by atoms with E-state index in [0.717, 1.165) is 0 Å². The molecule has 2 rings (SSSR count). The Morgan fingerprint density at radius 2 is 2.06 bits per heavy atom. The normalized spacial score (nSPS) is 11.4. The minimum absolute atomic E-state index is 0.0514. The highest BCUT2D eigenvalue weighted by atomic mass is 35.5. The van der Waals surface area contributed by atoms with Crippen LogP contribution in [0.2, 0.25) is 5.02 Å². The number of anilines is 1. The highest BCUT2D eigenvalue weighted by Gasteiger charge is 2.18. The van der Waals surface area contributed by atoms with Crippen molar-refractivity contribution in [1.82, 2.24) is 9.78 Å². The zero-order valence-corrected chi connectivity index (χ0v) is 11.2. The van der Waals surface area contributed by atoms with Crippen molar-refractivity contribution in [3.63, 3.8) is 0 Å². The van der Waals surface area contributed by atoms with Crippen LogP contribution in [0.4, 0.5) is 5.82 Å². The van der Waals surface area contributed by atoms with Crippen LogP contribution in [-0.2, 0) is 16.6 Å². The first-order chi connectivity index (χ1) is 8.54. The van der Waals surface area contributed by atoms with Crippen LogP contribution in [0.15, 0.2) is 41.4 Å². The number of halogens is 1. The standard InChI is InChI=1S/C11H12ClN3O2S/c1-2-15-11(7-8-13-15)14-18(16,17)10-6-4-3-5-9(10)12/h3-8,14H,2H2,1H3. The first kappa shape index (κ1) is 12.9. The van der Waals surface area contributed by atoms with E-state index in [1.165, 1.54) is 18.3 Å². The van der Waals surface area contributed by atoms with Crippen LogP contribution >= 0.6 is 11.6 Å². The second-order valence-corrected chi connectivity index (χ2v) is 5.63. The third kappa shape index (κ3) is 2.49. The van der Waals surface area contributed by atoms with Crippen molar-refractivity contribution < 1.29 is 8.42 Å². The van der Waals surface area contributed by atoms with Gasteiger partial charge in [-0.2, -0.15) is 5.10 Å². The summed E-state index contributed by atoms with van der Waals surface area (Å²) in [6.45, 7) is 2.45. The second kappa shape index (κ2) is 4.99. The maximum absolute atomic E-state index is 12.2. The van der Waals surface area contributed by atoms with Crippen LogP contribution in [0.3, 0.4) is 0 Å². The van der Waals surface area contributed by atoms with Crippen molar-refractivity contribution >= 4 is 27.4 Å². The average Bonchev–Trinajstić information content (AvgIpc) is 2.76. The van der Waals surface area contributed by atoms with Gasteiger partial charge in [0.25, 0.3) is 10.0 Å². The maximum Gasteiger partial charge on any atom is 0.264 e. The van der Waals surface area contributed by atoms with Crippen LogP contribution in [0.25, 0.3) is 0 Å². The van der Waals surface area contributed by atoms with E-state index in [4.69, 9.17) is 11.6 Å². The molecule has 0 aliphatic rings. The lowest BCUT2D eigenvalue weighted by Crippen LogP contribution is -2.16. The van der Waals surface area contributed by atoms with Crippen LogP contribution < -0.4 is 4.72 Å². The summed E-state index contributed by atoms with van der Waals surface area (Å²) in [5.41, 5.74) is 0. The van der Waals surface area contributed by atoms with Gasteiger partial charge in [0.2, 0.25) is 0 Å². The Bertz CT molecular complexity index is 652. The largest absolute Gasteiger partial charge is 0.264 e. The number of rotatable bonds is 4. The first-order valence-electron chi connectivity index (χ1n) is 5.34. The molecule has 1 N–H and O–H groups in total. The Balaban J connectivity index is 2.37. The summed E-state index contributed by atoms with van der Waals surface area (Å²) in [6, 6.07) is 7.89. The highest BCUT2D eigenvalue weighted by Crippen LogP contribution is 2.23. The summed E-state index contributed by atoms with van der Waals surface area (Å²) < 4.78 is 28.3. The predicted molar refractivity (Wildman–Crippen MR) is 70.2 cm³/mol. The zero-order valence-electron chi connectivity index (χ0n) is 9.67. The molecule has 0 radical (unpaired) electrons. The third-order valence-corrected chi connectivity index (χ3v) is 4.24. The van der Waals surface area contributed by atoms with Crippen LogP contribution in [0.5, 0.6) is 0 Å². The summed E-state index contributed by atoms with van der Waals surface area (Å²) in [4.78, 5) is 0.0514. The van der Waals surface area contributed by atoms with Gasteiger partial charge in [-0.15, -0.1) is 0 Å². The van der Waals surface area contributed by atoms with Gasteiger partial charge >= 0.3 is 0 Å². The topological polar surface area (TPSA) is 64.0 Å². The minimum Gasteiger partial charge on any atom is -0.264 e. The zero-order chi connectivity index (χ0) is 13.2. The SMILES string of the molecule is CCn1nccc1NS(=O)(=O)c1ccccc1Cl. The van der Waals surface area contributed by atoms with E-state index in [9.17, 15) is 8.42 Å². The van der Waals surface area contributed by atoms with Gasteiger partial charge in [-0.25, -0.2) is 13.1 Å². The van der Waals surface area contributed by atoms with E-state index >= 15 is 0 Å². The molecule has 0 aliphatic carbocycles. The molecule has 2 aromatic rings. The molecule has 0 aliphatic heterocycles. The molecule has 96 valence electrons. The van der Waals surface area contributed by atoms with Crippen molar-refractivity contribution in [1.29, 1.82) is 0 Å². The lowest BCUT2D eigenvalue weighted by molar-refractivity contribution is 0.599. The lowest BCUT2D eigenvalue weighted by atomic mass is 10.4. The molecule has 0 amide bonds. The third-order valence-electron chi connectivity index (χ3n) is 2.38. The number of sulfonamides is 1. The molecule has 0 bridgehead atoms. The Labute approximate surface area is 110 Å². The van der Waals surface area contributed by atoms with Gasteiger partial charge in [0.15, 0.2) is 0 Å². The fraction of sp³-hybridized carbons (Fsp3) is 0.182. The maximum atomic E-state index is 12.2. The van der Waals surface area contributed by atoms with Crippen molar-refractivity contribution in [2.75, 3.05) is 4.72 Å². The summed E-state index contributed by atoms with van der Waals surface area (Å²) >= 11 is 5.88. The van der Waals surface area contributed by atoms with Crippen LogP contribution in [-0.4, -0.2) is 18.2 Å². The molecule has 7 heteroatoms. The molecule has 5 nitrogen and oxygen atoms in total. The summed E-state index contributed by atoms with van der Waals surface area (Å²) in [6.07, 6.45) is 1.54. The smallest absolute Gasteiger partial charge is 0.264 e. The molecule has 0 unspecified atom stereocenters. The van der Waals surface area contributed by atoms with E-state index in [2.05, 4.69) is 9.82 Å². The van der Waals surface area contributed by atoms with Crippen molar-refractivity contribution in [3.8, 4) is 0 Å². The van der Waals surface area contributed by atoms with Gasteiger partial charge in [0.05, 0.1) is 11.2 Å². The van der Waals surface area contributed by atoms with Crippen molar-refractivity contribution in [2.45, 2.75) is 18.4 Å². The summed E-state index contributed by atoms with van der Waals surface area (Å²) in [5.74, 6) is 0.414. The molecule has 0 atom stereocenters. The fourth-order valence-corrected chi connectivity index (χ4v) is 3.11. The number of nitrogens with one attached hydrogen (secondary N) is 1. The number of aryl methyl sites for hydroxylation is 1. The van der Waals surface area contributed by atoms with E-state index in [1.54, 1.807) is 22.9 Å². The number of benzene rings is 1. The molecule has 0 fully saturated rings. The number of aromatic nitrogens is 2. The van der Waals surface area contributed by atoms with Crippen LogP contribution in [0, 0.1) is 0 Å². The first-order valence-corrected chi connectivity index (χ1v) is 7.20. The molecule has 1 aromatic carbocycles.